The van der Waals surface area contributed by atoms with E-state index in [1.807, 2.05) is 6.34 Å². The maximum absolute atomic E-state index is 14.0. The van der Waals surface area contributed by atoms with Crippen molar-refractivity contribution in [1.29, 1.82) is 0 Å². The molecule has 4 rings (SSSR count). The zero-order chi connectivity index (χ0) is 21.4. The SMILES string of the molecule is CN=CN1CC[C@@H]2CN(C(=O)[C@](O)(c3ccccc3)[C@@H]3CCC(F)(F)C3)C[C@@H]2CC1. The zero-order valence-corrected chi connectivity index (χ0v) is 17.5. The Bertz CT molecular complexity index is 772. The van der Waals surface area contributed by atoms with Crippen molar-refractivity contribution in [3.63, 3.8) is 0 Å². The number of rotatable bonds is 4. The summed E-state index contributed by atoms with van der Waals surface area (Å²) in [5.41, 5.74) is -1.47. The molecular formula is C23H31F2N3O2. The van der Waals surface area contributed by atoms with Gasteiger partial charge in [0, 0.05) is 52.0 Å². The number of nitrogens with zero attached hydrogens (tertiary/aromatic N) is 3. The second-order valence-corrected chi connectivity index (χ2v) is 9.15. The van der Waals surface area contributed by atoms with E-state index in [-0.39, 0.29) is 12.8 Å². The Morgan fingerprint density at radius 1 is 1.17 bits per heavy atom. The Morgan fingerprint density at radius 3 is 2.33 bits per heavy atom. The van der Waals surface area contributed by atoms with Gasteiger partial charge in [-0.05, 0) is 36.7 Å². The first-order chi connectivity index (χ1) is 14.3. The van der Waals surface area contributed by atoms with Crippen molar-refractivity contribution in [2.75, 3.05) is 33.2 Å². The van der Waals surface area contributed by atoms with Gasteiger partial charge in [0.05, 0.1) is 6.34 Å². The fourth-order valence-electron chi connectivity index (χ4n) is 5.59. The Kier molecular flexibility index (Phi) is 5.84. The number of fused-ring (bicyclic) bond motifs is 1. The number of aliphatic hydroxyl groups is 1. The molecule has 7 heteroatoms. The van der Waals surface area contributed by atoms with E-state index in [4.69, 9.17) is 0 Å². The number of aliphatic imine (C=N–C) groups is 1. The van der Waals surface area contributed by atoms with Crippen molar-refractivity contribution in [3.05, 3.63) is 35.9 Å². The number of hydrogen-bond acceptors (Lipinski definition) is 3. The van der Waals surface area contributed by atoms with E-state index in [0.29, 0.717) is 30.5 Å². The highest BCUT2D eigenvalue weighted by Gasteiger charge is 2.55. The summed E-state index contributed by atoms with van der Waals surface area (Å²) in [6.45, 7) is 2.97. The molecule has 1 aromatic carbocycles. The average Bonchev–Trinajstić information content (AvgIpc) is 3.27. The van der Waals surface area contributed by atoms with Gasteiger partial charge in [-0.25, -0.2) is 8.78 Å². The van der Waals surface area contributed by atoms with Gasteiger partial charge < -0.3 is 14.9 Å². The van der Waals surface area contributed by atoms with Crippen LogP contribution < -0.4 is 0 Å². The summed E-state index contributed by atoms with van der Waals surface area (Å²) in [6.07, 6.45) is 3.22. The lowest BCUT2D eigenvalue weighted by Gasteiger charge is -2.36. The number of carbonyl (C=O) groups is 1. The number of alkyl halides is 2. The van der Waals surface area contributed by atoms with Crippen molar-refractivity contribution in [3.8, 4) is 0 Å². The molecule has 4 atom stereocenters. The maximum Gasteiger partial charge on any atom is 0.259 e. The van der Waals surface area contributed by atoms with Gasteiger partial charge in [-0.15, -0.1) is 0 Å². The highest BCUT2D eigenvalue weighted by molar-refractivity contribution is 5.87. The van der Waals surface area contributed by atoms with Crippen LogP contribution in [-0.2, 0) is 10.4 Å². The second kappa shape index (κ2) is 8.25. The van der Waals surface area contributed by atoms with Gasteiger partial charge in [-0.2, -0.15) is 0 Å². The van der Waals surface area contributed by atoms with E-state index in [1.165, 1.54) is 0 Å². The van der Waals surface area contributed by atoms with Crippen LogP contribution in [0.5, 0.6) is 0 Å². The molecule has 0 bridgehead atoms. The summed E-state index contributed by atoms with van der Waals surface area (Å²) in [4.78, 5) is 21.7. The summed E-state index contributed by atoms with van der Waals surface area (Å²) in [5.74, 6) is -3.27. The van der Waals surface area contributed by atoms with E-state index in [9.17, 15) is 18.7 Å². The maximum atomic E-state index is 14.0. The molecule has 1 aliphatic carbocycles. The van der Waals surface area contributed by atoms with Crippen LogP contribution in [0.2, 0.25) is 0 Å². The largest absolute Gasteiger partial charge is 0.375 e. The third-order valence-corrected chi connectivity index (χ3v) is 7.25. The van der Waals surface area contributed by atoms with E-state index < -0.39 is 29.8 Å². The van der Waals surface area contributed by atoms with Crippen LogP contribution in [0.25, 0.3) is 0 Å². The molecule has 0 radical (unpaired) electrons. The van der Waals surface area contributed by atoms with Crippen LogP contribution in [0.3, 0.4) is 0 Å². The summed E-state index contributed by atoms with van der Waals surface area (Å²) in [5, 5.41) is 11.7. The molecular weight excluding hydrogens is 388 g/mol. The molecule has 30 heavy (non-hydrogen) atoms. The highest BCUT2D eigenvalue weighted by atomic mass is 19.3. The van der Waals surface area contributed by atoms with Gasteiger partial charge in [0.15, 0.2) is 5.60 Å². The summed E-state index contributed by atoms with van der Waals surface area (Å²) < 4.78 is 28.0. The van der Waals surface area contributed by atoms with E-state index in [0.717, 1.165) is 25.9 Å². The van der Waals surface area contributed by atoms with Gasteiger partial charge in [-0.3, -0.25) is 9.79 Å². The summed E-state index contributed by atoms with van der Waals surface area (Å²) in [7, 11) is 1.77. The van der Waals surface area contributed by atoms with Crippen molar-refractivity contribution in [1.82, 2.24) is 9.80 Å². The van der Waals surface area contributed by atoms with Crippen molar-refractivity contribution in [2.24, 2.45) is 22.7 Å². The summed E-state index contributed by atoms with van der Waals surface area (Å²) >= 11 is 0. The van der Waals surface area contributed by atoms with Gasteiger partial charge in [0.1, 0.15) is 0 Å². The minimum atomic E-state index is -2.82. The first-order valence-corrected chi connectivity index (χ1v) is 10.9. The highest BCUT2D eigenvalue weighted by Crippen LogP contribution is 2.48. The number of amides is 1. The molecule has 2 heterocycles. The predicted molar refractivity (Wildman–Crippen MR) is 111 cm³/mol. The minimum Gasteiger partial charge on any atom is -0.375 e. The number of likely N-dealkylation sites (tertiary alicyclic amines) is 2. The molecule has 164 valence electrons. The minimum absolute atomic E-state index is 0.149. The Labute approximate surface area is 176 Å². The molecule has 0 aromatic heterocycles. The summed E-state index contributed by atoms with van der Waals surface area (Å²) in [6, 6.07) is 8.67. The van der Waals surface area contributed by atoms with Gasteiger partial charge in [0.2, 0.25) is 5.92 Å². The van der Waals surface area contributed by atoms with Gasteiger partial charge in [-0.1, -0.05) is 30.3 Å². The number of hydrogen-bond donors (Lipinski definition) is 1. The topological polar surface area (TPSA) is 56.1 Å². The molecule has 1 amide bonds. The van der Waals surface area contributed by atoms with E-state index >= 15 is 0 Å². The molecule has 2 aliphatic heterocycles. The molecule has 2 saturated heterocycles. The van der Waals surface area contributed by atoms with Crippen LogP contribution >= 0.6 is 0 Å². The van der Waals surface area contributed by atoms with Crippen LogP contribution in [-0.4, -0.2) is 66.3 Å². The van der Waals surface area contributed by atoms with Crippen LogP contribution in [0.1, 0.15) is 37.7 Å². The van der Waals surface area contributed by atoms with Crippen LogP contribution in [0.4, 0.5) is 8.78 Å². The monoisotopic (exact) mass is 419 g/mol. The first-order valence-electron chi connectivity index (χ1n) is 10.9. The Morgan fingerprint density at radius 2 is 1.80 bits per heavy atom. The molecule has 0 spiro atoms. The number of halogens is 2. The van der Waals surface area contributed by atoms with Crippen molar-refractivity contribution >= 4 is 12.2 Å². The smallest absolute Gasteiger partial charge is 0.259 e. The van der Waals surface area contributed by atoms with E-state index in [1.54, 1.807) is 42.3 Å². The number of carbonyl (C=O) groups excluding carboxylic acids is 1. The molecule has 3 fully saturated rings. The Hall–Kier alpha value is -2.02. The van der Waals surface area contributed by atoms with Crippen LogP contribution in [0.15, 0.2) is 35.3 Å². The fraction of sp³-hybridized carbons (Fsp3) is 0.652. The van der Waals surface area contributed by atoms with Crippen LogP contribution in [0, 0.1) is 17.8 Å². The van der Waals surface area contributed by atoms with Crippen molar-refractivity contribution in [2.45, 2.75) is 43.6 Å². The lowest BCUT2D eigenvalue weighted by molar-refractivity contribution is -0.159. The standard InChI is InChI=1S/C23H31F2N3O2/c1-26-16-27-11-8-17-14-28(15-18(17)9-12-27)21(29)23(30,19-5-3-2-4-6-19)20-7-10-22(24,25)13-20/h2-6,16-18,20,30H,7-15H2,1H3/t17-,18+,20-,23+/m1/s1. The average molecular weight is 420 g/mol. The van der Waals surface area contributed by atoms with Crippen molar-refractivity contribution < 1.29 is 18.7 Å². The molecule has 1 saturated carbocycles. The predicted octanol–water partition coefficient (Wildman–Crippen LogP) is 3.14. The normalized spacial score (nSPS) is 30.9. The zero-order valence-electron chi connectivity index (χ0n) is 17.5. The Balaban J connectivity index is 1.55. The lowest BCUT2D eigenvalue weighted by Crippen LogP contribution is -2.50. The molecule has 5 nitrogen and oxygen atoms in total. The lowest BCUT2D eigenvalue weighted by atomic mass is 9.79. The first kappa shape index (κ1) is 21.2. The number of benzene rings is 1. The molecule has 1 aromatic rings. The third-order valence-electron chi connectivity index (χ3n) is 7.25. The van der Waals surface area contributed by atoms with Gasteiger partial charge in [0.25, 0.3) is 5.91 Å². The van der Waals surface area contributed by atoms with Gasteiger partial charge >= 0.3 is 0 Å². The third kappa shape index (κ3) is 3.96. The fourth-order valence-corrected chi connectivity index (χ4v) is 5.59. The molecule has 1 N–H and O–H groups in total. The molecule has 3 aliphatic rings. The van der Waals surface area contributed by atoms with E-state index in [2.05, 4.69) is 9.89 Å². The second-order valence-electron chi connectivity index (χ2n) is 9.15. The molecule has 0 unspecified atom stereocenters. The quantitative estimate of drug-likeness (QED) is 0.603.